The van der Waals surface area contributed by atoms with E-state index in [0.717, 1.165) is 33.2 Å². The van der Waals surface area contributed by atoms with Gasteiger partial charge in [-0.3, -0.25) is 5.43 Å². The van der Waals surface area contributed by atoms with Gasteiger partial charge in [-0.1, -0.05) is 23.7 Å². The molecule has 0 aliphatic carbocycles. The van der Waals surface area contributed by atoms with E-state index in [1.807, 2.05) is 55.6 Å². The molecular weight excluding hydrogens is 382 g/mol. The molecule has 0 saturated carbocycles. The molecule has 2 aromatic carbocycles. The van der Waals surface area contributed by atoms with Crippen molar-refractivity contribution in [2.24, 2.45) is 5.10 Å². The number of thiazole rings is 1. The van der Waals surface area contributed by atoms with Gasteiger partial charge < -0.3 is 9.47 Å². The summed E-state index contributed by atoms with van der Waals surface area (Å²) in [5.41, 5.74) is 7.80. The molecule has 0 fully saturated rings. The van der Waals surface area contributed by atoms with E-state index in [0.29, 0.717) is 16.5 Å². The first-order chi connectivity index (χ1) is 13.0. The summed E-state index contributed by atoms with van der Waals surface area (Å²) >= 11 is 7.43. The number of anilines is 1. The molecule has 0 unspecified atom stereocenters. The van der Waals surface area contributed by atoms with Crippen molar-refractivity contribution in [2.45, 2.75) is 13.8 Å². The number of halogens is 1. The molecule has 1 heterocycles. The van der Waals surface area contributed by atoms with Gasteiger partial charge in [0.15, 0.2) is 11.5 Å². The van der Waals surface area contributed by atoms with Gasteiger partial charge in [-0.05, 0) is 43.7 Å². The quantitative estimate of drug-likeness (QED) is 0.430. The first-order valence-corrected chi connectivity index (χ1v) is 9.52. The summed E-state index contributed by atoms with van der Waals surface area (Å²) < 4.78 is 10.7. The summed E-state index contributed by atoms with van der Waals surface area (Å²) in [6, 6.07) is 11.5. The Kier molecular flexibility index (Phi) is 5.98. The standard InChI is InChI=1S/C20H20ClN3O2S/c1-12-9-18(25-3)19(26-4)10-16(12)13(2)23-24-20-22-17(11-27-20)14-5-7-15(21)8-6-14/h5-11H,1-4H3,(H,22,24)/b23-13+. The van der Waals surface area contributed by atoms with E-state index in [1.54, 1.807) is 14.2 Å². The number of rotatable bonds is 6. The molecule has 140 valence electrons. The number of benzene rings is 2. The lowest BCUT2D eigenvalue weighted by Crippen LogP contribution is -2.03. The zero-order valence-electron chi connectivity index (χ0n) is 15.5. The molecule has 27 heavy (non-hydrogen) atoms. The average molecular weight is 402 g/mol. The highest BCUT2D eigenvalue weighted by molar-refractivity contribution is 7.14. The van der Waals surface area contributed by atoms with Crippen LogP contribution in [0.3, 0.4) is 0 Å². The van der Waals surface area contributed by atoms with Gasteiger partial charge in [-0.25, -0.2) is 4.98 Å². The Morgan fingerprint density at radius 3 is 2.44 bits per heavy atom. The van der Waals surface area contributed by atoms with Crippen molar-refractivity contribution in [1.82, 2.24) is 4.98 Å². The number of hydrazone groups is 1. The fraction of sp³-hybridized carbons (Fsp3) is 0.200. The molecule has 7 heteroatoms. The molecule has 3 rings (SSSR count). The molecule has 0 aliphatic rings. The third-order valence-electron chi connectivity index (χ3n) is 4.08. The predicted octanol–water partition coefficient (Wildman–Crippen LogP) is 5.63. The van der Waals surface area contributed by atoms with Gasteiger partial charge in [-0.15, -0.1) is 11.3 Å². The first kappa shape index (κ1) is 19.2. The van der Waals surface area contributed by atoms with E-state index in [1.165, 1.54) is 11.3 Å². The van der Waals surface area contributed by atoms with Crippen LogP contribution in [0.15, 0.2) is 46.9 Å². The van der Waals surface area contributed by atoms with Gasteiger partial charge in [0.05, 0.1) is 25.6 Å². The van der Waals surface area contributed by atoms with Crippen LogP contribution in [0.5, 0.6) is 11.5 Å². The molecule has 0 atom stereocenters. The lowest BCUT2D eigenvalue weighted by molar-refractivity contribution is 0.354. The van der Waals surface area contributed by atoms with Crippen LogP contribution in [0, 0.1) is 6.92 Å². The number of hydrogen-bond donors (Lipinski definition) is 1. The Bertz CT molecular complexity index is 968. The lowest BCUT2D eigenvalue weighted by atomic mass is 10.0. The van der Waals surface area contributed by atoms with E-state index in [4.69, 9.17) is 21.1 Å². The van der Waals surface area contributed by atoms with Crippen molar-refractivity contribution >= 4 is 33.8 Å². The summed E-state index contributed by atoms with van der Waals surface area (Å²) in [6.45, 7) is 3.95. The largest absolute Gasteiger partial charge is 0.493 e. The number of nitrogens with one attached hydrogen (secondary N) is 1. The number of hydrogen-bond acceptors (Lipinski definition) is 6. The fourth-order valence-electron chi connectivity index (χ4n) is 2.64. The molecule has 5 nitrogen and oxygen atoms in total. The zero-order chi connectivity index (χ0) is 19.4. The zero-order valence-corrected chi connectivity index (χ0v) is 17.1. The molecule has 0 bridgehead atoms. The average Bonchev–Trinajstić information content (AvgIpc) is 3.15. The summed E-state index contributed by atoms with van der Waals surface area (Å²) in [5.74, 6) is 1.37. The van der Waals surface area contributed by atoms with Crippen molar-refractivity contribution in [3.8, 4) is 22.8 Å². The lowest BCUT2D eigenvalue weighted by Gasteiger charge is -2.12. The highest BCUT2D eigenvalue weighted by Gasteiger charge is 2.11. The van der Waals surface area contributed by atoms with Crippen molar-refractivity contribution in [2.75, 3.05) is 19.6 Å². The number of methoxy groups -OCH3 is 2. The Labute approximate surface area is 167 Å². The van der Waals surface area contributed by atoms with E-state index in [2.05, 4.69) is 15.5 Å². The number of aromatic nitrogens is 1. The summed E-state index contributed by atoms with van der Waals surface area (Å²) in [4.78, 5) is 4.57. The van der Waals surface area contributed by atoms with Crippen LogP contribution in [0.4, 0.5) is 5.13 Å². The third-order valence-corrected chi connectivity index (χ3v) is 5.08. The monoisotopic (exact) mass is 401 g/mol. The summed E-state index contributed by atoms with van der Waals surface area (Å²) in [7, 11) is 3.25. The van der Waals surface area contributed by atoms with Crippen molar-refractivity contribution in [1.29, 1.82) is 0 Å². The second-order valence-corrected chi connectivity index (χ2v) is 7.17. The Morgan fingerprint density at radius 2 is 1.78 bits per heavy atom. The van der Waals surface area contributed by atoms with Crippen LogP contribution in [0.25, 0.3) is 11.3 Å². The second kappa shape index (κ2) is 8.41. The highest BCUT2D eigenvalue weighted by atomic mass is 35.5. The predicted molar refractivity (Wildman–Crippen MR) is 113 cm³/mol. The SMILES string of the molecule is COc1cc(C)c(/C(C)=N/Nc2nc(-c3ccc(Cl)cc3)cs2)cc1OC. The molecule has 3 aromatic rings. The maximum absolute atomic E-state index is 5.94. The van der Waals surface area contributed by atoms with Gasteiger partial charge in [0.2, 0.25) is 5.13 Å². The normalized spacial score (nSPS) is 11.4. The molecule has 0 spiro atoms. The Hall–Kier alpha value is -2.57. The van der Waals surface area contributed by atoms with Crippen LogP contribution in [-0.2, 0) is 0 Å². The minimum atomic E-state index is 0.673. The van der Waals surface area contributed by atoms with Gasteiger partial charge in [0.25, 0.3) is 0 Å². The van der Waals surface area contributed by atoms with Crippen molar-refractivity contribution in [3.63, 3.8) is 0 Å². The van der Waals surface area contributed by atoms with E-state index < -0.39 is 0 Å². The van der Waals surface area contributed by atoms with Crippen molar-refractivity contribution < 1.29 is 9.47 Å². The van der Waals surface area contributed by atoms with Crippen LogP contribution < -0.4 is 14.9 Å². The fourth-order valence-corrected chi connectivity index (χ4v) is 3.43. The molecule has 1 aromatic heterocycles. The van der Waals surface area contributed by atoms with E-state index >= 15 is 0 Å². The van der Waals surface area contributed by atoms with Crippen LogP contribution >= 0.6 is 22.9 Å². The first-order valence-electron chi connectivity index (χ1n) is 8.26. The molecular formula is C20H20ClN3O2S. The topological polar surface area (TPSA) is 55.7 Å². The van der Waals surface area contributed by atoms with E-state index in [-0.39, 0.29) is 0 Å². The summed E-state index contributed by atoms with van der Waals surface area (Å²) in [6.07, 6.45) is 0. The van der Waals surface area contributed by atoms with Gasteiger partial charge >= 0.3 is 0 Å². The van der Waals surface area contributed by atoms with Gasteiger partial charge in [0, 0.05) is 21.5 Å². The smallest absolute Gasteiger partial charge is 0.203 e. The highest BCUT2D eigenvalue weighted by Crippen LogP contribution is 2.31. The number of aryl methyl sites for hydroxylation is 1. The molecule has 0 aliphatic heterocycles. The third kappa shape index (κ3) is 4.40. The number of nitrogens with zero attached hydrogens (tertiary/aromatic N) is 2. The van der Waals surface area contributed by atoms with Crippen LogP contribution in [0.2, 0.25) is 5.02 Å². The number of ether oxygens (including phenoxy) is 2. The minimum absolute atomic E-state index is 0.673. The van der Waals surface area contributed by atoms with Crippen LogP contribution in [-0.4, -0.2) is 24.9 Å². The molecule has 0 radical (unpaired) electrons. The molecule has 0 amide bonds. The maximum atomic E-state index is 5.94. The maximum Gasteiger partial charge on any atom is 0.203 e. The molecule has 0 saturated heterocycles. The Balaban J connectivity index is 1.79. The van der Waals surface area contributed by atoms with Crippen LogP contribution in [0.1, 0.15) is 18.1 Å². The molecule has 1 N–H and O–H groups in total. The van der Waals surface area contributed by atoms with Gasteiger partial charge in [0.1, 0.15) is 0 Å². The summed E-state index contributed by atoms with van der Waals surface area (Å²) in [5, 5.41) is 7.88. The van der Waals surface area contributed by atoms with Crippen molar-refractivity contribution in [3.05, 3.63) is 57.9 Å². The Morgan fingerprint density at radius 1 is 1.11 bits per heavy atom. The minimum Gasteiger partial charge on any atom is -0.493 e. The second-order valence-electron chi connectivity index (χ2n) is 5.88. The van der Waals surface area contributed by atoms with E-state index in [9.17, 15) is 0 Å². The van der Waals surface area contributed by atoms with Gasteiger partial charge in [-0.2, -0.15) is 5.10 Å².